The van der Waals surface area contributed by atoms with E-state index in [-0.39, 0.29) is 46.4 Å². The highest BCUT2D eigenvalue weighted by molar-refractivity contribution is 5.60. The lowest BCUT2D eigenvalue weighted by molar-refractivity contribution is -0.138. The van der Waals surface area contributed by atoms with E-state index in [9.17, 15) is 18.3 Å². The molecular formula is C28H34F3N5O2. The van der Waals surface area contributed by atoms with E-state index in [2.05, 4.69) is 40.6 Å². The van der Waals surface area contributed by atoms with Crippen LogP contribution in [0.25, 0.3) is 23.0 Å². The predicted molar refractivity (Wildman–Crippen MR) is 137 cm³/mol. The van der Waals surface area contributed by atoms with Gasteiger partial charge < -0.3 is 14.4 Å². The van der Waals surface area contributed by atoms with Crippen LogP contribution in [-0.2, 0) is 32.5 Å². The van der Waals surface area contributed by atoms with Gasteiger partial charge in [-0.15, -0.1) is 10.2 Å². The van der Waals surface area contributed by atoms with E-state index < -0.39 is 11.7 Å². The van der Waals surface area contributed by atoms with Crippen molar-refractivity contribution in [3.8, 4) is 23.0 Å². The summed E-state index contributed by atoms with van der Waals surface area (Å²) in [5.41, 5.74) is 2.76. The molecule has 1 N–H and O–H groups in total. The molecule has 1 saturated heterocycles. The number of aromatic nitrogens is 4. The molecule has 1 aromatic carbocycles. The minimum atomic E-state index is -4.51. The van der Waals surface area contributed by atoms with Crippen LogP contribution in [0.1, 0.15) is 55.5 Å². The van der Waals surface area contributed by atoms with Gasteiger partial charge in [-0.2, -0.15) is 18.3 Å². The number of nitrogens with zero attached hydrogens (tertiary/aromatic N) is 5. The molecule has 0 saturated carbocycles. The Morgan fingerprint density at radius 1 is 1.18 bits per heavy atom. The number of aliphatic hydroxyl groups excluding tert-OH is 1. The van der Waals surface area contributed by atoms with Crippen LogP contribution in [0.3, 0.4) is 0 Å². The highest BCUT2D eigenvalue weighted by atomic mass is 19.4. The van der Waals surface area contributed by atoms with Gasteiger partial charge in [0.05, 0.1) is 11.3 Å². The zero-order valence-corrected chi connectivity index (χ0v) is 22.1. The summed E-state index contributed by atoms with van der Waals surface area (Å²) < 4.78 is 49.9. The molecule has 0 spiro atoms. The fourth-order valence-corrected chi connectivity index (χ4v) is 5.66. The smallest absolute Gasteiger partial charge is 0.416 e. The van der Waals surface area contributed by atoms with Gasteiger partial charge in [-0.3, -0.25) is 4.68 Å². The van der Waals surface area contributed by atoms with E-state index in [1.54, 1.807) is 6.07 Å². The summed E-state index contributed by atoms with van der Waals surface area (Å²) in [5.74, 6) is 0.525. The van der Waals surface area contributed by atoms with E-state index >= 15 is 0 Å². The zero-order valence-electron chi connectivity index (χ0n) is 22.1. The first kappa shape index (κ1) is 26.5. The topological polar surface area (TPSA) is 80.2 Å². The van der Waals surface area contributed by atoms with Crippen LogP contribution in [0.15, 0.2) is 35.0 Å². The standard InChI is InChI=1S/C28H34F3N5O2/c1-17(37)18-8-12-36(13-9-18)14-10-19-5-6-20(15-22(19)28(29,30)31)25-32-33-26(38-25)24-21-7-11-27(2,3)16-23(21)35(4)34-24/h5-6,15,18,37H,1,7-14,16H2,2-4H3. The van der Waals surface area contributed by atoms with Gasteiger partial charge in [-0.25, -0.2) is 0 Å². The average Bonchev–Trinajstić information content (AvgIpc) is 3.46. The number of aliphatic hydroxyl groups is 1. The van der Waals surface area contributed by atoms with Crippen molar-refractivity contribution in [1.29, 1.82) is 0 Å². The van der Waals surface area contributed by atoms with E-state index in [1.807, 2.05) is 11.7 Å². The summed E-state index contributed by atoms with van der Waals surface area (Å²) in [6.07, 6.45) is 0.00762. The van der Waals surface area contributed by atoms with Crippen LogP contribution in [0, 0.1) is 11.3 Å². The third-order valence-corrected chi connectivity index (χ3v) is 8.02. The number of allylic oxidation sites excluding steroid dienone is 1. The van der Waals surface area contributed by atoms with Crippen LogP contribution in [0.4, 0.5) is 13.2 Å². The Balaban J connectivity index is 1.35. The van der Waals surface area contributed by atoms with E-state index in [4.69, 9.17) is 4.42 Å². The second-order valence-corrected chi connectivity index (χ2v) is 11.4. The van der Waals surface area contributed by atoms with Crippen LogP contribution in [0.5, 0.6) is 0 Å². The fourth-order valence-electron chi connectivity index (χ4n) is 5.66. The van der Waals surface area contributed by atoms with Crippen molar-refractivity contribution in [2.24, 2.45) is 18.4 Å². The number of likely N-dealkylation sites (tertiary alicyclic amines) is 1. The third kappa shape index (κ3) is 5.36. The number of aryl methyl sites for hydroxylation is 1. The molecule has 0 amide bonds. The van der Waals surface area contributed by atoms with Crippen LogP contribution in [-0.4, -0.2) is 49.6 Å². The lowest BCUT2D eigenvalue weighted by atomic mass is 9.76. The number of benzene rings is 1. The Morgan fingerprint density at radius 3 is 2.58 bits per heavy atom. The first-order chi connectivity index (χ1) is 17.9. The Kier molecular flexibility index (Phi) is 6.87. The summed E-state index contributed by atoms with van der Waals surface area (Å²) >= 11 is 0. The van der Waals surface area contributed by atoms with Gasteiger partial charge in [0.2, 0.25) is 5.89 Å². The Morgan fingerprint density at radius 2 is 1.89 bits per heavy atom. The maximum absolute atomic E-state index is 14.0. The van der Waals surface area contributed by atoms with Gasteiger partial charge in [0.1, 0.15) is 0 Å². The molecule has 0 radical (unpaired) electrons. The Labute approximate surface area is 220 Å². The van der Waals surface area contributed by atoms with Crippen molar-refractivity contribution in [2.75, 3.05) is 19.6 Å². The molecule has 38 heavy (non-hydrogen) atoms. The van der Waals surface area contributed by atoms with Crippen molar-refractivity contribution in [3.05, 3.63) is 52.9 Å². The minimum absolute atomic E-state index is 0.0406. The van der Waals surface area contributed by atoms with Crippen LogP contribution in [0.2, 0.25) is 0 Å². The number of hydrogen-bond donors (Lipinski definition) is 1. The molecule has 0 atom stereocenters. The second-order valence-electron chi connectivity index (χ2n) is 11.4. The largest absolute Gasteiger partial charge is 0.513 e. The van der Waals surface area contributed by atoms with E-state index in [0.29, 0.717) is 12.2 Å². The SMILES string of the molecule is C=C(O)C1CCN(CCc2ccc(-c3nnc(-c4nn(C)c5c4CCC(C)(C)C5)o3)cc2C(F)(F)F)CC1. The van der Waals surface area contributed by atoms with Crippen molar-refractivity contribution in [1.82, 2.24) is 24.9 Å². The Hall–Kier alpha value is -3.14. The molecule has 204 valence electrons. The van der Waals surface area contributed by atoms with Crippen LogP contribution >= 0.6 is 0 Å². The first-order valence-electron chi connectivity index (χ1n) is 13.1. The van der Waals surface area contributed by atoms with Crippen molar-refractivity contribution >= 4 is 0 Å². The van der Waals surface area contributed by atoms with Gasteiger partial charge in [0, 0.05) is 36.3 Å². The number of halogens is 3. The molecule has 10 heteroatoms. The molecule has 5 rings (SSSR count). The lowest BCUT2D eigenvalue weighted by Crippen LogP contribution is -2.35. The maximum atomic E-state index is 14.0. The van der Waals surface area contributed by atoms with Crippen LogP contribution < -0.4 is 0 Å². The molecule has 2 aliphatic rings. The molecule has 3 aromatic rings. The monoisotopic (exact) mass is 529 g/mol. The molecule has 2 aromatic heterocycles. The number of piperidine rings is 1. The predicted octanol–water partition coefficient (Wildman–Crippen LogP) is 6.00. The highest BCUT2D eigenvalue weighted by Gasteiger charge is 2.35. The van der Waals surface area contributed by atoms with Gasteiger partial charge in [0.15, 0.2) is 5.69 Å². The lowest BCUT2D eigenvalue weighted by Gasteiger charge is -2.31. The zero-order chi connectivity index (χ0) is 27.2. The number of hydrogen-bond acceptors (Lipinski definition) is 6. The second kappa shape index (κ2) is 9.87. The maximum Gasteiger partial charge on any atom is 0.416 e. The van der Waals surface area contributed by atoms with Gasteiger partial charge in [-0.1, -0.05) is 26.5 Å². The van der Waals surface area contributed by atoms with Crippen molar-refractivity contribution in [3.63, 3.8) is 0 Å². The van der Waals surface area contributed by atoms with E-state index in [0.717, 1.165) is 62.5 Å². The number of alkyl halides is 3. The van der Waals surface area contributed by atoms with Gasteiger partial charge in [0.25, 0.3) is 5.89 Å². The molecule has 0 bridgehead atoms. The molecule has 1 aliphatic heterocycles. The fraction of sp³-hybridized carbons (Fsp3) is 0.536. The summed E-state index contributed by atoms with van der Waals surface area (Å²) in [4.78, 5) is 2.13. The average molecular weight is 530 g/mol. The summed E-state index contributed by atoms with van der Waals surface area (Å²) in [7, 11) is 1.89. The van der Waals surface area contributed by atoms with Gasteiger partial charge in [-0.05, 0) is 74.7 Å². The van der Waals surface area contributed by atoms with Gasteiger partial charge >= 0.3 is 6.18 Å². The van der Waals surface area contributed by atoms with Crippen molar-refractivity contribution in [2.45, 2.75) is 58.5 Å². The summed E-state index contributed by atoms with van der Waals surface area (Å²) in [6, 6.07) is 4.22. The number of fused-ring (bicyclic) bond motifs is 1. The van der Waals surface area contributed by atoms with E-state index in [1.165, 1.54) is 6.07 Å². The molecular weight excluding hydrogens is 495 g/mol. The molecule has 7 nitrogen and oxygen atoms in total. The molecule has 0 unspecified atom stereocenters. The first-order valence-corrected chi connectivity index (χ1v) is 13.1. The highest BCUT2D eigenvalue weighted by Crippen LogP contribution is 2.40. The molecule has 1 aliphatic carbocycles. The van der Waals surface area contributed by atoms with Crippen molar-refractivity contribution < 1.29 is 22.7 Å². The minimum Gasteiger partial charge on any atom is -0.513 e. The summed E-state index contributed by atoms with van der Waals surface area (Å²) in [6.45, 7) is 10.0. The third-order valence-electron chi connectivity index (χ3n) is 8.02. The normalized spacial score (nSPS) is 18.5. The Bertz CT molecular complexity index is 1330. The number of rotatable bonds is 6. The quantitative estimate of drug-likeness (QED) is 0.395. The summed E-state index contributed by atoms with van der Waals surface area (Å²) in [5, 5.41) is 22.4. The molecule has 1 fully saturated rings. The molecule has 3 heterocycles.